The van der Waals surface area contributed by atoms with E-state index < -0.39 is 0 Å². The van der Waals surface area contributed by atoms with Crippen LogP contribution in [0.15, 0.2) is 225 Å². The fourth-order valence-corrected chi connectivity index (χ4v) is 8.33. The molecule has 9 aromatic rings. The number of benzene rings is 8. The number of hydrogen-bond donors (Lipinski definition) is 0. The first-order valence-corrected chi connectivity index (χ1v) is 19.6. The van der Waals surface area contributed by atoms with Gasteiger partial charge < -0.3 is 0 Å². The summed E-state index contributed by atoms with van der Waals surface area (Å²) in [6.07, 6.45) is 2.42. The molecule has 57 heavy (non-hydrogen) atoms. The second-order valence-electron chi connectivity index (χ2n) is 14.8. The lowest BCUT2D eigenvalue weighted by Gasteiger charge is -2.29. The Hall–Kier alpha value is -7.35. The molecular weight excluding hydrogens is 687 g/mol. The van der Waals surface area contributed by atoms with Crippen molar-refractivity contribution in [3.63, 3.8) is 0 Å². The highest BCUT2D eigenvalue weighted by Crippen LogP contribution is 2.47. The Balaban J connectivity index is 0.975. The third-order valence-electron chi connectivity index (χ3n) is 11.3. The summed E-state index contributed by atoms with van der Waals surface area (Å²) in [5, 5.41) is 2.51. The summed E-state index contributed by atoms with van der Waals surface area (Å²) in [6.45, 7) is 4.69. The van der Waals surface area contributed by atoms with Crippen LogP contribution in [0.1, 0.15) is 28.2 Å². The van der Waals surface area contributed by atoms with Crippen molar-refractivity contribution in [1.82, 2.24) is 4.98 Å². The maximum absolute atomic E-state index is 5.19. The van der Waals surface area contributed by atoms with Crippen LogP contribution < -0.4 is 0 Å². The van der Waals surface area contributed by atoms with Gasteiger partial charge in [-0.2, -0.15) is 0 Å². The van der Waals surface area contributed by atoms with Crippen LogP contribution in [0, 0.1) is 0 Å². The number of nitrogens with zero attached hydrogens (tertiary/aromatic N) is 1. The highest BCUT2D eigenvalue weighted by Gasteiger charge is 2.27. The SMILES string of the molecule is C=C1c2ccc3ccccc3c2C(c2ccccc2)=CC1c1ccc(-c2ccc(-c3cc(-c4ccccc4)nc(-c4cccc(-c5ccccc5)c4)c3)cc2)cc1. The van der Waals surface area contributed by atoms with E-state index in [0.29, 0.717) is 0 Å². The predicted molar refractivity (Wildman–Crippen MR) is 241 cm³/mol. The van der Waals surface area contributed by atoms with Crippen LogP contribution in [0.5, 0.6) is 0 Å². The molecule has 0 spiro atoms. The number of rotatable bonds is 7. The first-order valence-electron chi connectivity index (χ1n) is 19.6. The van der Waals surface area contributed by atoms with Gasteiger partial charge in [-0.25, -0.2) is 4.98 Å². The van der Waals surface area contributed by atoms with Gasteiger partial charge in [0.2, 0.25) is 0 Å². The third-order valence-corrected chi connectivity index (χ3v) is 11.3. The van der Waals surface area contributed by atoms with Crippen molar-refractivity contribution < 1.29 is 0 Å². The van der Waals surface area contributed by atoms with Crippen LogP contribution >= 0.6 is 0 Å². The lowest BCUT2D eigenvalue weighted by atomic mass is 9.75. The zero-order valence-electron chi connectivity index (χ0n) is 31.5. The van der Waals surface area contributed by atoms with Gasteiger partial charge in [0.1, 0.15) is 0 Å². The van der Waals surface area contributed by atoms with Gasteiger partial charge in [0.25, 0.3) is 0 Å². The molecule has 0 N–H and O–H groups in total. The number of allylic oxidation sites excluding steroid dienone is 2. The van der Waals surface area contributed by atoms with E-state index in [-0.39, 0.29) is 5.92 Å². The van der Waals surface area contributed by atoms with Crippen molar-refractivity contribution in [3.05, 3.63) is 247 Å². The molecule has 0 saturated heterocycles. The average molecular weight is 726 g/mol. The molecule has 1 aliphatic rings. The Labute approximate surface area is 334 Å². The largest absolute Gasteiger partial charge is 0.248 e. The number of fused-ring (bicyclic) bond motifs is 3. The molecule has 1 aliphatic carbocycles. The molecule has 0 amide bonds. The third kappa shape index (κ3) is 6.60. The van der Waals surface area contributed by atoms with Crippen molar-refractivity contribution in [2.24, 2.45) is 0 Å². The van der Waals surface area contributed by atoms with Crippen LogP contribution in [-0.2, 0) is 0 Å². The standard InChI is InChI=1S/C56H39N/c1-38-50-33-32-44-18-11-12-23-51(44)56(50)53(43-16-7-3-8-17-43)37-52(38)45-30-28-41(29-31-45)40-24-26-42(27-25-40)49-35-54(46-19-9-4-10-20-46)57-55(36-49)48-22-13-21-47(34-48)39-14-5-2-6-15-39/h2-37,52H,1H2. The smallest absolute Gasteiger partial charge is 0.0715 e. The maximum atomic E-state index is 5.19. The molecule has 0 aliphatic heterocycles. The van der Waals surface area contributed by atoms with Gasteiger partial charge in [-0.1, -0.05) is 207 Å². The minimum atomic E-state index is 0.0679. The van der Waals surface area contributed by atoms with Crippen LogP contribution in [-0.4, -0.2) is 4.98 Å². The zero-order chi connectivity index (χ0) is 38.1. The molecule has 1 heterocycles. The number of pyridine rings is 1. The number of aromatic nitrogens is 1. The topological polar surface area (TPSA) is 12.9 Å². The van der Waals surface area contributed by atoms with Crippen molar-refractivity contribution in [2.75, 3.05) is 0 Å². The lowest BCUT2D eigenvalue weighted by molar-refractivity contribution is 1.09. The van der Waals surface area contributed by atoms with E-state index in [1.807, 2.05) is 6.07 Å². The normalized spacial score (nSPS) is 13.6. The summed E-state index contributed by atoms with van der Waals surface area (Å²) in [5.41, 5.74) is 18.5. The molecule has 0 fully saturated rings. The molecule has 1 unspecified atom stereocenters. The highest BCUT2D eigenvalue weighted by molar-refractivity contribution is 6.05. The quantitative estimate of drug-likeness (QED) is 0.159. The summed E-state index contributed by atoms with van der Waals surface area (Å²) >= 11 is 0. The van der Waals surface area contributed by atoms with Gasteiger partial charge in [-0.15, -0.1) is 0 Å². The van der Waals surface area contributed by atoms with Crippen molar-refractivity contribution >= 4 is 21.9 Å². The maximum Gasteiger partial charge on any atom is 0.0715 e. The highest BCUT2D eigenvalue weighted by atomic mass is 14.7. The molecule has 1 aromatic heterocycles. The van der Waals surface area contributed by atoms with E-state index in [4.69, 9.17) is 4.98 Å². The van der Waals surface area contributed by atoms with Crippen LogP contribution in [0.25, 0.3) is 77.8 Å². The van der Waals surface area contributed by atoms with Gasteiger partial charge in [-0.05, 0) is 95.8 Å². The summed E-state index contributed by atoms with van der Waals surface area (Å²) < 4.78 is 0. The van der Waals surface area contributed by atoms with E-state index in [1.54, 1.807) is 0 Å². The summed E-state index contributed by atoms with van der Waals surface area (Å²) in [6, 6.07) is 76.0. The van der Waals surface area contributed by atoms with Gasteiger partial charge in [0.15, 0.2) is 0 Å². The summed E-state index contributed by atoms with van der Waals surface area (Å²) in [5.74, 6) is 0.0679. The Morgan fingerprint density at radius 3 is 1.56 bits per heavy atom. The molecule has 268 valence electrons. The van der Waals surface area contributed by atoms with E-state index in [2.05, 4.69) is 219 Å². The molecule has 0 saturated carbocycles. The number of hydrogen-bond acceptors (Lipinski definition) is 1. The fourth-order valence-electron chi connectivity index (χ4n) is 8.33. The molecule has 1 nitrogen and oxygen atoms in total. The van der Waals surface area contributed by atoms with E-state index in [1.165, 1.54) is 60.9 Å². The van der Waals surface area contributed by atoms with Crippen molar-refractivity contribution in [2.45, 2.75) is 5.92 Å². The molecule has 1 heteroatoms. The molecule has 8 aromatic carbocycles. The van der Waals surface area contributed by atoms with Crippen molar-refractivity contribution in [1.29, 1.82) is 0 Å². The van der Waals surface area contributed by atoms with E-state index >= 15 is 0 Å². The summed E-state index contributed by atoms with van der Waals surface area (Å²) in [7, 11) is 0. The first-order chi connectivity index (χ1) is 28.2. The molecule has 1 atom stereocenters. The van der Waals surface area contributed by atoms with Gasteiger partial charge in [0, 0.05) is 17.0 Å². The fraction of sp³-hybridized carbons (Fsp3) is 0.0179. The Morgan fingerprint density at radius 2 is 0.877 bits per heavy atom. The lowest BCUT2D eigenvalue weighted by Crippen LogP contribution is -2.09. The van der Waals surface area contributed by atoms with Crippen molar-refractivity contribution in [3.8, 4) is 55.9 Å². The van der Waals surface area contributed by atoms with Gasteiger partial charge in [-0.3, -0.25) is 0 Å². The second-order valence-corrected chi connectivity index (χ2v) is 14.8. The minimum absolute atomic E-state index is 0.0679. The molecule has 0 bridgehead atoms. The van der Waals surface area contributed by atoms with Crippen LogP contribution in [0.4, 0.5) is 0 Å². The van der Waals surface area contributed by atoms with E-state index in [0.717, 1.165) is 39.2 Å². The van der Waals surface area contributed by atoms with E-state index in [9.17, 15) is 0 Å². The Bertz CT molecular complexity index is 2920. The van der Waals surface area contributed by atoms with Crippen LogP contribution in [0.3, 0.4) is 0 Å². The second kappa shape index (κ2) is 14.7. The zero-order valence-corrected chi connectivity index (χ0v) is 31.5. The summed E-state index contributed by atoms with van der Waals surface area (Å²) in [4.78, 5) is 5.19. The minimum Gasteiger partial charge on any atom is -0.248 e. The molecule has 10 rings (SSSR count). The molecule has 0 radical (unpaired) electrons. The molecular formula is C56H39N. The Kier molecular flexibility index (Phi) is 8.82. The van der Waals surface area contributed by atoms with Crippen LogP contribution in [0.2, 0.25) is 0 Å². The first kappa shape index (κ1) is 34.2. The average Bonchev–Trinajstić information content (AvgIpc) is 3.30. The predicted octanol–water partition coefficient (Wildman–Crippen LogP) is 14.8. The van der Waals surface area contributed by atoms with Gasteiger partial charge >= 0.3 is 0 Å². The Morgan fingerprint density at radius 1 is 0.368 bits per heavy atom. The van der Waals surface area contributed by atoms with Gasteiger partial charge in [0.05, 0.1) is 11.4 Å². The monoisotopic (exact) mass is 725 g/mol.